The first-order chi connectivity index (χ1) is 12.2. The normalized spacial score (nSPS) is 10.9. The standard InChI is InChI=1S/C21H15IN2O/c1-2-14-7-3-4-11-18(14)24(22)19-12-6-10-17-16-9-5-8-15(13-23)20(16)25-21(17)19/h3-12H,2H2,1H3. The molecule has 0 atom stereocenters. The molecule has 0 unspecified atom stereocenters. The van der Waals surface area contributed by atoms with Gasteiger partial charge >= 0.3 is 0 Å². The Kier molecular flexibility index (Phi) is 4.10. The highest BCUT2D eigenvalue weighted by Gasteiger charge is 2.18. The van der Waals surface area contributed by atoms with Gasteiger partial charge in [-0.25, -0.2) is 0 Å². The summed E-state index contributed by atoms with van der Waals surface area (Å²) in [6, 6.07) is 22.4. The maximum Gasteiger partial charge on any atom is 0.159 e. The maximum atomic E-state index is 9.36. The van der Waals surface area contributed by atoms with Crippen molar-refractivity contribution < 1.29 is 4.42 Å². The van der Waals surface area contributed by atoms with Gasteiger partial charge in [-0.3, -0.25) is 3.11 Å². The monoisotopic (exact) mass is 438 g/mol. The number of halogens is 1. The number of rotatable bonds is 3. The number of fused-ring (bicyclic) bond motifs is 3. The van der Waals surface area contributed by atoms with Crippen molar-refractivity contribution in [2.45, 2.75) is 13.3 Å². The van der Waals surface area contributed by atoms with Crippen LogP contribution in [-0.4, -0.2) is 0 Å². The van der Waals surface area contributed by atoms with E-state index in [1.165, 1.54) is 5.56 Å². The highest BCUT2D eigenvalue weighted by molar-refractivity contribution is 14.1. The minimum atomic E-state index is 0.564. The van der Waals surface area contributed by atoms with Crippen LogP contribution in [0.5, 0.6) is 0 Å². The van der Waals surface area contributed by atoms with E-state index in [1.54, 1.807) is 6.07 Å². The van der Waals surface area contributed by atoms with Crippen LogP contribution in [0, 0.1) is 11.3 Å². The molecule has 3 aromatic carbocycles. The summed E-state index contributed by atoms with van der Waals surface area (Å²) in [6.45, 7) is 2.16. The molecule has 0 saturated carbocycles. The summed E-state index contributed by atoms with van der Waals surface area (Å²) in [5.74, 6) is 0. The predicted molar refractivity (Wildman–Crippen MR) is 110 cm³/mol. The number of nitriles is 1. The number of aryl methyl sites for hydroxylation is 1. The van der Waals surface area contributed by atoms with E-state index in [4.69, 9.17) is 4.42 Å². The third-order valence-electron chi connectivity index (χ3n) is 4.42. The lowest BCUT2D eigenvalue weighted by Crippen LogP contribution is -2.04. The number of nitrogens with zero attached hydrogens (tertiary/aromatic N) is 2. The zero-order chi connectivity index (χ0) is 17.4. The van der Waals surface area contributed by atoms with Crippen molar-refractivity contribution in [3.8, 4) is 6.07 Å². The third kappa shape index (κ3) is 2.56. The van der Waals surface area contributed by atoms with Crippen molar-refractivity contribution in [3.63, 3.8) is 0 Å². The van der Waals surface area contributed by atoms with Crippen LogP contribution in [0.2, 0.25) is 0 Å². The van der Waals surface area contributed by atoms with Crippen molar-refractivity contribution in [3.05, 3.63) is 71.8 Å². The molecular formula is C21H15IN2O. The molecule has 25 heavy (non-hydrogen) atoms. The van der Waals surface area contributed by atoms with E-state index < -0.39 is 0 Å². The van der Waals surface area contributed by atoms with E-state index in [2.05, 4.69) is 63.2 Å². The second kappa shape index (κ2) is 6.41. The Labute approximate surface area is 160 Å². The average Bonchev–Trinajstić information content (AvgIpc) is 3.06. The van der Waals surface area contributed by atoms with Gasteiger partial charge < -0.3 is 4.42 Å². The SMILES string of the molecule is CCc1ccccc1N(I)c1cccc2c1oc1c(C#N)cccc12. The minimum absolute atomic E-state index is 0.564. The van der Waals surface area contributed by atoms with Crippen LogP contribution in [0.15, 0.2) is 65.1 Å². The van der Waals surface area contributed by atoms with Crippen molar-refractivity contribution in [1.82, 2.24) is 0 Å². The third-order valence-corrected chi connectivity index (χ3v) is 5.46. The van der Waals surface area contributed by atoms with Gasteiger partial charge in [-0.1, -0.05) is 49.4 Å². The van der Waals surface area contributed by atoms with E-state index in [9.17, 15) is 5.26 Å². The highest BCUT2D eigenvalue weighted by Crippen LogP contribution is 2.41. The first kappa shape index (κ1) is 16.0. The largest absolute Gasteiger partial charge is 0.452 e. The molecule has 0 radical (unpaired) electrons. The number of benzene rings is 3. The predicted octanol–water partition coefficient (Wildman–Crippen LogP) is 6.51. The van der Waals surface area contributed by atoms with Gasteiger partial charge in [0.1, 0.15) is 6.07 Å². The molecule has 4 heteroatoms. The van der Waals surface area contributed by atoms with Crippen molar-refractivity contribution >= 4 is 56.2 Å². The van der Waals surface area contributed by atoms with Crippen molar-refractivity contribution in [2.24, 2.45) is 0 Å². The summed E-state index contributed by atoms with van der Waals surface area (Å²) in [6.07, 6.45) is 0.963. The zero-order valence-corrected chi connectivity index (χ0v) is 15.8. The molecule has 1 heterocycles. The fourth-order valence-electron chi connectivity index (χ4n) is 3.18. The number of para-hydroxylation sites is 3. The lowest BCUT2D eigenvalue weighted by molar-refractivity contribution is 0.668. The molecule has 0 aliphatic rings. The molecule has 0 N–H and O–H groups in total. The van der Waals surface area contributed by atoms with Crippen LogP contribution in [0.3, 0.4) is 0 Å². The van der Waals surface area contributed by atoms with E-state index in [0.29, 0.717) is 11.1 Å². The van der Waals surface area contributed by atoms with Crippen LogP contribution >= 0.6 is 22.9 Å². The average molecular weight is 438 g/mol. The second-order valence-corrected chi connectivity index (χ2v) is 6.78. The lowest BCUT2D eigenvalue weighted by Gasteiger charge is -2.20. The van der Waals surface area contributed by atoms with Crippen molar-refractivity contribution in [2.75, 3.05) is 3.11 Å². The lowest BCUT2D eigenvalue weighted by atomic mass is 10.1. The van der Waals surface area contributed by atoms with E-state index in [0.717, 1.165) is 34.2 Å². The molecule has 4 rings (SSSR count). The first-order valence-corrected chi connectivity index (χ1v) is 9.09. The van der Waals surface area contributed by atoms with Gasteiger partial charge in [0.15, 0.2) is 11.2 Å². The Morgan fingerprint density at radius 1 is 0.920 bits per heavy atom. The first-order valence-electron chi connectivity index (χ1n) is 8.12. The molecule has 0 aliphatic carbocycles. The summed E-state index contributed by atoms with van der Waals surface area (Å²) in [5.41, 5.74) is 5.44. The molecule has 0 aliphatic heterocycles. The molecule has 122 valence electrons. The van der Waals surface area contributed by atoms with Crippen LogP contribution in [0.25, 0.3) is 21.9 Å². The van der Waals surface area contributed by atoms with Crippen LogP contribution in [0.1, 0.15) is 18.1 Å². The summed E-state index contributed by atoms with van der Waals surface area (Å²) >= 11 is 2.32. The Bertz CT molecular complexity index is 1120. The van der Waals surface area contributed by atoms with Crippen molar-refractivity contribution in [1.29, 1.82) is 5.26 Å². The molecule has 1 aromatic heterocycles. The molecule has 3 nitrogen and oxygen atoms in total. The molecule has 0 spiro atoms. The summed E-state index contributed by atoms with van der Waals surface area (Å²) in [7, 11) is 0. The van der Waals surface area contributed by atoms with Crippen LogP contribution in [-0.2, 0) is 6.42 Å². The molecular weight excluding hydrogens is 423 g/mol. The summed E-state index contributed by atoms with van der Waals surface area (Å²) in [5, 5.41) is 11.4. The van der Waals surface area contributed by atoms with Gasteiger partial charge in [-0.15, -0.1) is 0 Å². The van der Waals surface area contributed by atoms with Gasteiger partial charge in [0, 0.05) is 10.8 Å². The number of hydrogen-bond donors (Lipinski definition) is 0. The topological polar surface area (TPSA) is 40.2 Å². The number of anilines is 2. The fourth-order valence-corrected chi connectivity index (χ4v) is 4.03. The molecule has 0 amide bonds. The molecule has 0 saturated heterocycles. The Morgan fingerprint density at radius 2 is 1.60 bits per heavy atom. The van der Waals surface area contributed by atoms with Gasteiger partial charge in [0.2, 0.25) is 0 Å². The fraction of sp³-hybridized carbons (Fsp3) is 0.0952. The molecule has 0 bridgehead atoms. The minimum Gasteiger partial charge on any atom is -0.452 e. The molecule has 4 aromatic rings. The van der Waals surface area contributed by atoms with E-state index in [1.807, 2.05) is 30.3 Å². The Balaban J connectivity index is 1.98. The Hall–Kier alpha value is -2.52. The number of furan rings is 1. The van der Waals surface area contributed by atoms with Crippen LogP contribution in [0.4, 0.5) is 11.4 Å². The number of hydrogen-bond acceptors (Lipinski definition) is 3. The molecule has 0 fully saturated rings. The van der Waals surface area contributed by atoms with E-state index >= 15 is 0 Å². The van der Waals surface area contributed by atoms with Crippen LogP contribution < -0.4 is 3.11 Å². The van der Waals surface area contributed by atoms with Gasteiger partial charge in [-0.2, -0.15) is 5.26 Å². The summed E-state index contributed by atoms with van der Waals surface area (Å²) < 4.78 is 8.29. The van der Waals surface area contributed by atoms with Gasteiger partial charge in [-0.05, 0) is 30.2 Å². The zero-order valence-electron chi connectivity index (χ0n) is 13.7. The smallest absolute Gasteiger partial charge is 0.159 e. The van der Waals surface area contributed by atoms with Gasteiger partial charge in [0.05, 0.1) is 39.8 Å². The summed E-state index contributed by atoms with van der Waals surface area (Å²) in [4.78, 5) is 0. The quantitative estimate of drug-likeness (QED) is 0.271. The Morgan fingerprint density at radius 3 is 2.36 bits per heavy atom. The van der Waals surface area contributed by atoms with E-state index in [-0.39, 0.29) is 0 Å². The maximum absolute atomic E-state index is 9.36. The highest BCUT2D eigenvalue weighted by atomic mass is 127. The van der Waals surface area contributed by atoms with Gasteiger partial charge in [0.25, 0.3) is 0 Å². The second-order valence-electron chi connectivity index (χ2n) is 5.81.